The van der Waals surface area contributed by atoms with E-state index in [0.29, 0.717) is 61.4 Å². The Bertz CT molecular complexity index is 3230. The van der Waals surface area contributed by atoms with Crippen molar-refractivity contribution in [1.82, 2.24) is 19.9 Å². The molecular formula is C47H37F5N4O2. The highest BCUT2D eigenvalue weighted by Gasteiger charge is 2.30. The quantitative estimate of drug-likeness (QED) is 0.0577. The molecule has 8 aromatic rings. The predicted octanol–water partition coefficient (Wildman–Crippen LogP) is 12.8. The highest BCUT2D eigenvalue weighted by molar-refractivity contribution is 6.07. The Kier molecular flexibility index (Phi) is 8.16. The number of nitrogens with zero attached hydrogens (tertiary/aromatic N) is 2. The summed E-state index contributed by atoms with van der Waals surface area (Å²) in [5, 5.41) is 26.5. The van der Waals surface area contributed by atoms with Crippen LogP contribution in [0.2, 0.25) is 0 Å². The van der Waals surface area contributed by atoms with E-state index in [9.17, 15) is 23.4 Å². The van der Waals surface area contributed by atoms with E-state index in [0.717, 1.165) is 21.9 Å². The first-order valence-electron chi connectivity index (χ1n) is 18.8. The number of rotatable bonds is 1. The third kappa shape index (κ3) is 5.74. The van der Waals surface area contributed by atoms with Crippen molar-refractivity contribution in [2.24, 2.45) is 5.41 Å². The number of pyridine rings is 2. The zero-order valence-electron chi connectivity index (χ0n) is 32.4. The van der Waals surface area contributed by atoms with Gasteiger partial charge in [-0.15, -0.1) is 0 Å². The van der Waals surface area contributed by atoms with Crippen LogP contribution in [0.3, 0.4) is 0 Å². The van der Waals surface area contributed by atoms with Gasteiger partial charge in [0.15, 0.2) is 23.3 Å². The molecule has 1 aliphatic rings. The van der Waals surface area contributed by atoms with Crippen molar-refractivity contribution in [3.8, 4) is 22.6 Å². The summed E-state index contributed by atoms with van der Waals surface area (Å²) in [6, 6.07) is 21.1. The van der Waals surface area contributed by atoms with Gasteiger partial charge in [-0.25, -0.2) is 31.9 Å². The number of fused-ring (bicyclic) bond motifs is 14. The van der Waals surface area contributed by atoms with Gasteiger partial charge >= 0.3 is 0 Å². The fourth-order valence-electron chi connectivity index (χ4n) is 7.82. The Labute approximate surface area is 328 Å². The molecule has 12 bridgehead atoms. The van der Waals surface area contributed by atoms with Crippen LogP contribution in [0.25, 0.3) is 82.9 Å². The first-order valence-corrected chi connectivity index (χ1v) is 18.8. The van der Waals surface area contributed by atoms with Gasteiger partial charge in [0.1, 0.15) is 11.5 Å². The zero-order chi connectivity index (χ0) is 41.2. The molecule has 292 valence electrons. The summed E-state index contributed by atoms with van der Waals surface area (Å²) in [6.07, 6.45) is 2.19. The molecule has 5 aromatic heterocycles. The van der Waals surface area contributed by atoms with Gasteiger partial charge in [-0.1, -0.05) is 71.4 Å². The number of halogens is 5. The Morgan fingerprint density at radius 1 is 0.534 bits per heavy atom. The lowest BCUT2D eigenvalue weighted by molar-refractivity contribution is 0.381. The Morgan fingerprint density at radius 3 is 1.64 bits per heavy atom. The normalized spacial score (nSPS) is 13.3. The van der Waals surface area contributed by atoms with E-state index in [-0.39, 0.29) is 33.5 Å². The molecule has 0 radical (unpaired) electrons. The lowest BCUT2D eigenvalue weighted by Gasteiger charge is -2.27. The molecule has 0 aliphatic heterocycles. The number of aromatic nitrogens is 4. The van der Waals surface area contributed by atoms with E-state index in [1.807, 2.05) is 84.0 Å². The predicted molar refractivity (Wildman–Crippen MR) is 221 cm³/mol. The van der Waals surface area contributed by atoms with Crippen LogP contribution in [0.1, 0.15) is 58.2 Å². The van der Waals surface area contributed by atoms with Crippen LogP contribution in [-0.2, 0) is 11.8 Å². The van der Waals surface area contributed by atoms with Gasteiger partial charge in [-0.3, -0.25) is 0 Å². The van der Waals surface area contributed by atoms with E-state index in [4.69, 9.17) is 9.97 Å². The van der Waals surface area contributed by atoms with Crippen LogP contribution >= 0.6 is 0 Å². The summed E-state index contributed by atoms with van der Waals surface area (Å²) >= 11 is 0. The standard InChI is InChI=1S/C47H37F5N4O2/c1-46(2,3)23-17-25-29-13-15-33(53-29)35(36-37(48)39(50)41(52)40(51)38(36)49)34-16-14-30(54-34)26-18-24(47(4,5)6)20-28(45(26)58)32-12-10-22-8-7-21-9-11-31(27(19-23)44(25)57)55-42(21)43(22)56-32/h7-19,53-54,57-58H,20H2,1-6H3. The van der Waals surface area contributed by atoms with E-state index in [2.05, 4.69) is 9.97 Å². The fourth-order valence-corrected chi connectivity index (χ4v) is 7.82. The van der Waals surface area contributed by atoms with Gasteiger partial charge < -0.3 is 20.2 Å². The van der Waals surface area contributed by atoms with Crippen molar-refractivity contribution in [1.29, 1.82) is 0 Å². The van der Waals surface area contributed by atoms with Gasteiger partial charge in [-0.05, 0) is 77.4 Å². The van der Waals surface area contributed by atoms with E-state index < -0.39 is 40.1 Å². The molecule has 0 unspecified atom stereocenters. The molecule has 0 fully saturated rings. The summed E-state index contributed by atoms with van der Waals surface area (Å²) < 4.78 is 76.1. The van der Waals surface area contributed by atoms with E-state index in [1.165, 1.54) is 12.1 Å². The number of aromatic amines is 2. The van der Waals surface area contributed by atoms with Crippen LogP contribution in [0.15, 0.2) is 78.4 Å². The summed E-state index contributed by atoms with van der Waals surface area (Å²) in [4.78, 5) is 16.5. The topological polar surface area (TPSA) is 97.8 Å². The highest BCUT2D eigenvalue weighted by Crippen LogP contribution is 2.43. The lowest BCUT2D eigenvalue weighted by Crippen LogP contribution is -2.14. The van der Waals surface area contributed by atoms with Crippen molar-refractivity contribution >= 4 is 71.8 Å². The summed E-state index contributed by atoms with van der Waals surface area (Å²) in [7, 11) is 0. The zero-order valence-corrected chi connectivity index (χ0v) is 32.4. The smallest absolute Gasteiger partial charge is 0.200 e. The van der Waals surface area contributed by atoms with Crippen molar-refractivity contribution < 1.29 is 32.2 Å². The monoisotopic (exact) mass is 784 g/mol. The third-order valence-corrected chi connectivity index (χ3v) is 11.2. The van der Waals surface area contributed by atoms with E-state index >= 15 is 8.78 Å². The van der Waals surface area contributed by atoms with Crippen LogP contribution in [0.5, 0.6) is 11.5 Å². The van der Waals surface area contributed by atoms with Crippen LogP contribution in [0, 0.1) is 34.5 Å². The number of phenols is 1. The Morgan fingerprint density at radius 2 is 1.03 bits per heavy atom. The summed E-state index contributed by atoms with van der Waals surface area (Å²) in [5.41, 5.74) is 2.99. The molecule has 9 rings (SSSR count). The molecule has 0 atom stereocenters. The second-order valence-corrected chi connectivity index (χ2v) is 17.0. The minimum absolute atomic E-state index is 0.0116. The first kappa shape index (κ1) is 37.1. The molecule has 4 N–H and O–H groups in total. The van der Waals surface area contributed by atoms with E-state index in [1.54, 1.807) is 24.3 Å². The van der Waals surface area contributed by atoms with Crippen molar-refractivity contribution in [2.75, 3.05) is 0 Å². The van der Waals surface area contributed by atoms with Crippen molar-refractivity contribution in [2.45, 2.75) is 53.4 Å². The number of nitrogens with one attached hydrogen (secondary N) is 2. The number of hydrogen-bond donors (Lipinski definition) is 4. The van der Waals surface area contributed by atoms with Crippen LogP contribution in [-0.4, -0.2) is 30.1 Å². The first-order chi connectivity index (χ1) is 27.4. The van der Waals surface area contributed by atoms with Gasteiger partial charge in [-0.2, -0.15) is 0 Å². The molecular weight excluding hydrogens is 748 g/mol. The van der Waals surface area contributed by atoms with Crippen LogP contribution < -0.4 is 0 Å². The Balaban J connectivity index is 1.56. The molecule has 0 amide bonds. The largest absolute Gasteiger partial charge is 0.507 e. The van der Waals surface area contributed by atoms with Gasteiger partial charge in [0.05, 0.1) is 27.6 Å². The number of hydrogen-bond acceptors (Lipinski definition) is 4. The maximum Gasteiger partial charge on any atom is 0.200 e. The SMILES string of the molecule is CC(C)(C)C1=Cc2c(O)c(c3ccc4ccc5ccc(nc5c4n3)c3cc(C(C)(C)C)cc(c3O)c3ccc([nH]3)c(-c3c(F)c(F)c(F)c(F)c3F)c3ccc2[nH]3)C1. The van der Waals surface area contributed by atoms with Crippen LogP contribution in [0.4, 0.5) is 22.0 Å². The van der Waals surface area contributed by atoms with Crippen molar-refractivity contribution in [3.05, 3.63) is 124 Å². The molecule has 6 nitrogen and oxygen atoms in total. The number of allylic oxidation sites excluding steroid dienone is 1. The Hall–Kier alpha value is -6.49. The second kappa shape index (κ2) is 12.8. The number of benzene rings is 3. The van der Waals surface area contributed by atoms with Gasteiger partial charge in [0.25, 0.3) is 0 Å². The fraction of sp³-hybridized carbons (Fsp3) is 0.191. The average molecular weight is 785 g/mol. The molecule has 5 heterocycles. The number of phenolic OH excluding ortho intramolecular Hbond substituents is 1. The molecule has 1 aliphatic carbocycles. The van der Waals surface area contributed by atoms with Crippen molar-refractivity contribution in [3.63, 3.8) is 0 Å². The molecule has 11 heteroatoms. The molecule has 0 spiro atoms. The van der Waals surface area contributed by atoms with Gasteiger partial charge in [0, 0.05) is 60.3 Å². The molecule has 0 saturated heterocycles. The highest BCUT2D eigenvalue weighted by atomic mass is 19.2. The van der Waals surface area contributed by atoms with Gasteiger partial charge in [0.2, 0.25) is 5.82 Å². The number of H-pyrrole nitrogens is 2. The number of aromatic hydroxyl groups is 2. The maximum absolute atomic E-state index is 15.9. The summed E-state index contributed by atoms with van der Waals surface area (Å²) in [6.45, 7) is 12.2. The third-order valence-electron chi connectivity index (χ3n) is 11.2. The molecule has 3 aromatic carbocycles. The summed E-state index contributed by atoms with van der Waals surface area (Å²) in [5.74, 6) is -10.8. The molecule has 0 saturated carbocycles. The average Bonchev–Trinajstić information content (AvgIpc) is 3.87. The maximum atomic E-state index is 15.9. The lowest BCUT2D eigenvalue weighted by atomic mass is 9.79. The molecule has 58 heavy (non-hydrogen) atoms. The minimum Gasteiger partial charge on any atom is -0.507 e. The second-order valence-electron chi connectivity index (χ2n) is 17.0. The minimum atomic E-state index is -2.29.